The number of hydrogen-bond donors (Lipinski definition) is 1. The maximum Gasteiger partial charge on any atom is 0.277 e. The van der Waals surface area contributed by atoms with E-state index in [1.54, 1.807) is 11.3 Å². The molecular weight excluding hydrogens is 308 g/mol. The lowest BCUT2D eigenvalue weighted by atomic mass is 10.00. The molecule has 0 aliphatic heterocycles. The molecule has 0 unspecified atom stereocenters. The molecule has 1 aromatic carbocycles. The van der Waals surface area contributed by atoms with Crippen molar-refractivity contribution < 1.29 is 9.53 Å². The lowest BCUT2D eigenvalue weighted by molar-refractivity contribution is -0.123. The Balaban J connectivity index is 1.93. The van der Waals surface area contributed by atoms with Gasteiger partial charge in [-0.3, -0.25) is 4.79 Å². The maximum absolute atomic E-state index is 11.9. The lowest BCUT2D eigenvalue weighted by Crippen LogP contribution is -2.25. The van der Waals surface area contributed by atoms with Gasteiger partial charge in [0.2, 0.25) is 0 Å². The summed E-state index contributed by atoms with van der Waals surface area (Å²) >= 11 is 1.59. The Morgan fingerprint density at radius 3 is 2.78 bits per heavy atom. The number of aryl methyl sites for hydroxylation is 1. The van der Waals surface area contributed by atoms with Gasteiger partial charge in [0, 0.05) is 4.88 Å². The average Bonchev–Trinajstić information content (AvgIpc) is 3.05. The van der Waals surface area contributed by atoms with Crippen LogP contribution in [0.5, 0.6) is 5.75 Å². The summed E-state index contributed by atoms with van der Waals surface area (Å²) in [5.41, 5.74) is 5.61. The Kier molecular flexibility index (Phi) is 5.93. The highest BCUT2D eigenvalue weighted by Crippen LogP contribution is 2.27. The average molecular weight is 330 g/mol. The van der Waals surface area contributed by atoms with E-state index in [1.165, 1.54) is 5.56 Å². The van der Waals surface area contributed by atoms with Gasteiger partial charge >= 0.3 is 0 Å². The molecule has 122 valence electrons. The minimum absolute atomic E-state index is 0.0516. The Bertz CT molecular complexity index is 691. The first-order chi connectivity index (χ1) is 11.0. The molecule has 0 bridgehead atoms. The number of hydrazone groups is 1. The molecule has 0 radical (unpaired) electrons. The minimum atomic E-state index is -0.267. The van der Waals surface area contributed by atoms with Gasteiger partial charge in [0.15, 0.2) is 6.61 Å². The molecule has 2 rings (SSSR count). The fourth-order valence-corrected chi connectivity index (χ4v) is 2.79. The van der Waals surface area contributed by atoms with Crippen molar-refractivity contribution in [2.24, 2.45) is 5.10 Å². The third-order valence-electron chi connectivity index (χ3n) is 3.37. The van der Waals surface area contributed by atoms with Crippen molar-refractivity contribution in [2.75, 3.05) is 6.61 Å². The molecular formula is C18H22N2O2S. The van der Waals surface area contributed by atoms with E-state index >= 15 is 0 Å². The number of carbonyl (C=O) groups is 1. The number of thiophene rings is 1. The molecule has 0 spiro atoms. The first-order valence-electron chi connectivity index (χ1n) is 7.57. The van der Waals surface area contributed by atoms with Crippen LogP contribution in [0.15, 0.2) is 40.8 Å². The number of carbonyl (C=O) groups excluding carboxylic acids is 1. The molecule has 0 aliphatic carbocycles. The molecule has 0 saturated heterocycles. The molecule has 1 aromatic heterocycles. The quantitative estimate of drug-likeness (QED) is 0.640. The van der Waals surface area contributed by atoms with Crippen LogP contribution in [0.25, 0.3) is 0 Å². The summed E-state index contributed by atoms with van der Waals surface area (Å²) in [7, 11) is 0. The summed E-state index contributed by atoms with van der Waals surface area (Å²) in [6.07, 6.45) is 0. The van der Waals surface area contributed by atoms with Gasteiger partial charge in [0.05, 0.1) is 5.71 Å². The smallest absolute Gasteiger partial charge is 0.277 e. The number of benzene rings is 1. The highest BCUT2D eigenvalue weighted by Gasteiger charge is 2.10. The Morgan fingerprint density at radius 1 is 1.35 bits per heavy atom. The molecule has 4 nitrogen and oxygen atoms in total. The van der Waals surface area contributed by atoms with Crippen LogP contribution in [-0.2, 0) is 4.79 Å². The number of rotatable bonds is 6. The van der Waals surface area contributed by atoms with E-state index in [4.69, 9.17) is 4.74 Å². The lowest BCUT2D eigenvalue weighted by Gasteiger charge is -2.14. The van der Waals surface area contributed by atoms with E-state index in [0.29, 0.717) is 5.92 Å². The van der Waals surface area contributed by atoms with Crippen molar-refractivity contribution in [1.29, 1.82) is 0 Å². The van der Waals surface area contributed by atoms with Crippen molar-refractivity contribution in [3.05, 3.63) is 51.7 Å². The third-order valence-corrected chi connectivity index (χ3v) is 4.35. The highest BCUT2D eigenvalue weighted by molar-refractivity contribution is 7.12. The van der Waals surface area contributed by atoms with E-state index in [2.05, 4.69) is 30.4 Å². The van der Waals surface area contributed by atoms with Crippen LogP contribution in [-0.4, -0.2) is 18.2 Å². The van der Waals surface area contributed by atoms with Gasteiger partial charge in [-0.15, -0.1) is 11.3 Å². The number of amides is 1. The summed E-state index contributed by atoms with van der Waals surface area (Å²) in [6.45, 7) is 8.07. The van der Waals surface area contributed by atoms with Gasteiger partial charge in [-0.25, -0.2) is 5.43 Å². The molecule has 2 aromatic rings. The third kappa shape index (κ3) is 4.93. The van der Waals surface area contributed by atoms with Crippen LogP contribution in [0, 0.1) is 6.92 Å². The van der Waals surface area contributed by atoms with E-state index in [1.807, 2.05) is 43.5 Å². The van der Waals surface area contributed by atoms with Gasteiger partial charge < -0.3 is 4.74 Å². The van der Waals surface area contributed by atoms with Crippen molar-refractivity contribution in [3.63, 3.8) is 0 Å². The molecule has 1 heterocycles. The summed E-state index contributed by atoms with van der Waals surface area (Å²) in [6, 6.07) is 9.91. The number of hydrogen-bond acceptors (Lipinski definition) is 4. The number of nitrogens with one attached hydrogen (secondary N) is 1. The second kappa shape index (κ2) is 7.92. The number of ether oxygens (including phenoxy) is 1. The van der Waals surface area contributed by atoms with E-state index in [9.17, 15) is 4.79 Å². The maximum atomic E-state index is 11.9. The van der Waals surface area contributed by atoms with Gasteiger partial charge in [-0.05, 0) is 42.8 Å². The normalized spacial score (nSPS) is 11.6. The zero-order chi connectivity index (χ0) is 16.8. The molecule has 1 N–H and O–H groups in total. The van der Waals surface area contributed by atoms with Crippen LogP contribution in [0.2, 0.25) is 0 Å². The van der Waals surface area contributed by atoms with Gasteiger partial charge in [0.1, 0.15) is 5.75 Å². The predicted octanol–water partition coefficient (Wildman–Crippen LogP) is 4.10. The summed E-state index contributed by atoms with van der Waals surface area (Å²) in [5.74, 6) is 0.822. The first-order valence-corrected chi connectivity index (χ1v) is 8.45. The summed E-state index contributed by atoms with van der Waals surface area (Å²) in [4.78, 5) is 12.9. The topological polar surface area (TPSA) is 50.7 Å². The Labute approximate surface area is 141 Å². The van der Waals surface area contributed by atoms with Crippen molar-refractivity contribution in [2.45, 2.75) is 33.6 Å². The van der Waals surface area contributed by atoms with Gasteiger partial charge in [-0.1, -0.05) is 37.6 Å². The molecule has 5 heteroatoms. The molecule has 0 aliphatic rings. The first kappa shape index (κ1) is 17.2. The number of nitrogens with zero attached hydrogens (tertiary/aromatic N) is 1. The van der Waals surface area contributed by atoms with Crippen LogP contribution in [0.1, 0.15) is 42.7 Å². The van der Waals surface area contributed by atoms with Crippen molar-refractivity contribution >= 4 is 23.0 Å². The monoisotopic (exact) mass is 330 g/mol. The predicted molar refractivity (Wildman–Crippen MR) is 95.4 cm³/mol. The van der Waals surface area contributed by atoms with Gasteiger partial charge in [-0.2, -0.15) is 5.10 Å². The second-order valence-corrected chi connectivity index (χ2v) is 6.64. The zero-order valence-electron chi connectivity index (χ0n) is 13.9. The second-order valence-electron chi connectivity index (χ2n) is 5.69. The molecule has 23 heavy (non-hydrogen) atoms. The highest BCUT2D eigenvalue weighted by atomic mass is 32.1. The summed E-state index contributed by atoms with van der Waals surface area (Å²) < 4.78 is 5.66. The van der Waals surface area contributed by atoms with Gasteiger partial charge in [0.25, 0.3) is 5.91 Å². The minimum Gasteiger partial charge on any atom is -0.483 e. The van der Waals surface area contributed by atoms with E-state index < -0.39 is 0 Å². The van der Waals surface area contributed by atoms with Crippen LogP contribution < -0.4 is 10.2 Å². The fraction of sp³-hybridized carbons (Fsp3) is 0.333. The van der Waals surface area contributed by atoms with Crippen molar-refractivity contribution in [1.82, 2.24) is 5.43 Å². The Hall–Kier alpha value is -2.14. The summed E-state index contributed by atoms with van der Waals surface area (Å²) in [5, 5.41) is 6.07. The standard InChI is InChI=1S/C18H22N2O2S/c1-12(2)15-10-13(3)7-8-16(15)22-11-18(21)20-19-14(4)17-6-5-9-23-17/h5-10,12H,11H2,1-4H3,(H,20,21)/b19-14+. The molecule has 0 fully saturated rings. The van der Waals surface area contributed by atoms with E-state index in [0.717, 1.165) is 21.9 Å². The molecule has 1 amide bonds. The van der Waals surface area contributed by atoms with Crippen LogP contribution in [0.4, 0.5) is 0 Å². The molecule has 0 saturated carbocycles. The van der Waals surface area contributed by atoms with Crippen LogP contribution >= 0.6 is 11.3 Å². The van der Waals surface area contributed by atoms with E-state index in [-0.39, 0.29) is 12.5 Å². The SMILES string of the molecule is C/C(=N\NC(=O)COc1ccc(C)cc1C(C)C)c1cccs1. The largest absolute Gasteiger partial charge is 0.483 e. The zero-order valence-corrected chi connectivity index (χ0v) is 14.7. The van der Waals surface area contributed by atoms with Crippen LogP contribution in [0.3, 0.4) is 0 Å². The fourth-order valence-electron chi connectivity index (χ4n) is 2.11. The van der Waals surface area contributed by atoms with Crippen molar-refractivity contribution in [3.8, 4) is 5.75 Å². The molecule has 0 atom stereocenters. The Morgan fingerprint density at radius 2 is 2.13 bits per heavy atom.